The van der Waals surface area contributed by atoms with Gasteiger partial charge in [0, 0.05) is 65.1 Å². The zero-order valence-corrected chi connectivity index (χ0v) is 28.1. The van der Waals surface area contributed by atoms with E-state index in [0.717, 1.165) is 55.7 Å². The summed E-state index contributed by atoms with van der Waals surface area (Å²) < 4.78 is 9.16. The van der Waals surface area contributed by atoms with Crippen molar-refractivity contribution in [1.82, 2.24) is 15.0 Å². The van der Waals surface area contributed by atoms with Gasteiger partial charge in [0.2, 0.25) is 0 Å². The molecule has 0 atom stereocenters. The van der Waals surface area contributed by atoms with Gasteiger partial charge in [-0.05, 0) is 48.5 Å². The summed E-state index contributed by atoms with van der Waals surface area (Å²) in [5, 5.41) is 4.46. The molecule has 0 aliphatic heterocycles. The fraction of sp³-hybridized carbons (Fsp3) is 0. The van der Waals surface area contributed by atoms with Crippen molar-refractivity contribution in [2.75, 3.05) is 4.90 Å². The van der Waals surface area contributed by atoms with Gasteiger partial charge >= 0.3 is 0 Å². The zero-order chi connectivity index (χ0) is 33.7. The number of rotatable bonds is 6. The van der Waals surface area contributed by atoms with Crippen LogP contribution in [0.2, 0.25) is 0 Å². The Kier molecular flexibility index (Phi) is 6.93. The predicted octanol–water partition coefficient (Wildman–Crippen LogP) is 12.6. The lowest BCUT2D eigenvalue weighted by molar-refractivity contribution is 0.669. The van der Waals surface area contributed by atoms with Crippen molar-refractivity contribution in [2.45, 2.75) is 0 Å². The molecule has 240 valence electrons. The molecular formula is C45H28N4OS. The van der Waals surface area contributed by atoms with E-state index in [1.165, 1.54) is 20.2 Å². The first-order valence-corrected chi connectivity index (χ1v) is 17.7. The number of benzene rings is 7. The van der Waals surface area contributed by atoms with Gasteiger partial charge in [0.1, 0.15) is 11.2 Å². The molecule has 10 rings (SSSR count). The smallest absolute Gasteiger partial charge is 0.164 e. The lowest BCUT2D eigenvalue weighted by atomic mass is 10.0. The van der Waals surface area contributed by atoms with Crippen molar-refractivity contribution >= 4 is 70.5 Å². The Hall–Kier alpha value is -6.63. The maximum Gasteiger partial charge on any atom is 0.164 e. The van der Waals surface area contributed by atoms with Crippen LogP contribution in [0.1, 0.15) is 0 Å². The number of anilines is 3. The maximum atomic E-state index is 6.63. The highest BCUT2D eigenvalue weighted by atomic mass is 32.1. The fourth-order valence-corrected chi connectivity index (χ4v) is 8.04. The topological polar surface area (TPSA) is 55.1 Å². The van der Waals surface area contributed by atoms with Gasteiger partial charge in [0.15, 0.2) is 17.5 Å². The second-order valence-corrected chi connectivity index (χ2v) is 13.5. The molecule has 0 unspecified atom stereocenters. The summed E-state index contributed by atoms with van der Waals surface area (Å²) in [6.45, 7) is 0. The van der Waals surface area contributed by atoms with Crippen molar-refractivity contribution in [2.24, 2.45) is 0 Å². The highest BCUT2D eigenvalue weighted by Crippen LogP contribution is 2.45. The lowest BCUT2D eigenvalue weighted by Crippen LogP contribution is -2.10. The molecule has 3 heterocycles. The molecular weight excluding hydrogens is 645 g/mol. The Labute approximate surface area is 297 Å². The van der Waals surface area contributed by atoms with Crippen LogP contribution in [-0.4, -0.2) is 15.0 Å². The van der Waals surface area contributed by atoms with E-state index in [4.69, 9.17) is 19.4 Å². The van der Waals surface area contributed by atoms with Gasteiger partial charge in [-0.1, -0.05) is 115 Å². The Morgan fingerprint density at radius 1 is 0.412 bits per heavy atom. The molecule has 0 aliphatic rings. The molecule has 0 N–H and O–H groups in total. The van der Waals surface area contributed by atoms with E-state index in [9.17, 15) is 0 Å². The summed E-state index contributed by atoms with van der Waals surface area (Å²) in [4.78, 5) is 17.6. The molecule has 0 fully saturated rings. The number of nitrogens with zero attached hydrogens (tertiary/aromatic N) is 4. The number of para-hydroxylation sites is 2. The van der Waals surface area contributed by atoms with Crippen molar-refractivity contribution in [3.05, 3.63) is 170 Å². The highest BCUT2D eigenvalue weighted by Gasteiger charge is 2.23. The van der Waals surface area contributed by atoms with Crippen molar-refractivity contribution in [3.63, 3.8) is 0 Å². The molecule has 5 nitrogen and oxygen atoms in total. The van der Waals surface area contributed by atoms with E-state index in [-0.39, 0.29) is 0 Å². The first-order chi connectivity index (χ1) is 25.3. The molecule has 0 bridgehead atoms. The van der Waals surface area contributed by atoms with Crippen molar-refractivity contribution in [3.8, 4) is 34.2 Å². The van der Waals surface area contributed by atoms with E-state index >= 15 is 0 Å². The van der Waals surface area contributed by atoms with Gasteiger partial charge in [-0.15, -0.1) is 11.3 Å². The van der Waals surface area contributed by atoms with Gasteiger partial charge in [-0.2, -0.15) is 0 Å². The maximum absolute atomic E-state index is 6.63. The lowest BCUT2D eigenvalue weighted by Gasteiger charge is -2.26. The second kappa shape index (κ2) is 12.1. The molecule has 6 heteroatoms. The average Bonchev–Trinajstić information content (AvgIpc) is 3.77. The number of hydrogen-bond acceptors (Lipinski definition) is 6. The van der Waals surface area contributed by atoms with Crippen LogP contribution in [0, 0.1) is 0 Å². The zero-order valence-electron chi connectivity index (χ0n) is 27.3. The first-order valence-electron chi connectivity index (χ1n) is 16.9. The van der Waals surface area contributed by atoms with Gasteiger partial charge in [0.05, 0.1) is 5.69 Å². The summed E-state index contributed by atoms with van der Waals surface area (Å²) >= 11 is 1.82. The summed E-state index contributed by atoms with van der Waals surface area (Å²) in [5.41, 5.74) is 7.29. The van der Waals surface area contributed by atoms with Crippen LogP contribution in [-0.2, 0) is 0 Å². The van der Waals surface area contributed by atoms with Crippen LogP contribution in [0.5, 0.6) is 0 Å². The Morgan fingerprint density at radius 3 is 1.73 bits per heavy atom. The van der Waals surface area contributed by atoms with E-state index in [1.807, 2.05) is 96.3 Å². The molecule has 0 radical (unpaired) electrons. The predicted molar refractivity (Wildman–Crippen MR) is 211 cm³/mol. The Morgan fingerprint density at radius 2 is 1.00 bits per heavy atom. The molecule has 0 saturated heterocycles. The minimum atomic E-state index is 0.577. The van der Waals surface area contributed by atoms with Crippen molar-refractivity contribution in [1.29, 1.82) is 0 Å². The molecule has 7 aromatic carbocycles. The number of fused-ring (bicyclic) bond motifs is 6. The Bertz CT molecular complexity index is 2810. The second-order valence-electron chi connectivity index (χ2n) is 12.5. The van der Waals surface area contributed by atoms with Gasteiger partial charge in [0.25, 0.3) is 0 Å². The molecule has 0 spiro atoms. The van der Waals surface area contributed by atoms with Crippen LogP contribution in [0.3, 0.4) is 0 Å². The number of aromatic nitrogens is 3. The summed E-state index contributed by atoms with van der Waals surface area (Å²) in [7, 11) is 0. The third-order valence-electron chi connectivity index (χ3n) is 9.29. The van der Waals surface area contributed by atoms with Crippen LogP contribution < -0.4 is 4.90 Å². The summed E-state index contributed by atoms with van der Waals surface area (Å²) in [6, 6.07) is 58.5. The van der Waals surface area contributed by atoms with E-state index in [1.54, 1.807) is 0 Å². The first kappa shape index (κ1) is 29.3. The Balaban J connectivity index is 1.26. The van der Waals surface area contributed by atoms with Gasteiger partial charge in [-0.3, -0.25) is 0 Å². The standard InChI is InChI=1S/C45H28N4OS/c1-4-14-29(15-5-1)43-46-44(30-16-6-2-7-17-30)48-45(47-43)37-27-33(28-39-42(37)35-21-10-12-22-38(35)50-39)49(31-18-8-3-9-19-31)32-24-25-41-36(26-32)34-20-11-13-23-40(34)51-41/h1-28H. The SMILES string of the molecule is c1ccc(-c2nc(-c3ccccc3)nc(-c3cc(N(c4ccccc4)c4ccc5sc6ccccc6c5c4)cc4oc5ccccc5c34)n2)cc1. The minimum Gasteiger partial charge on any atom is -0.456 e. The van der Waals surface area contributed by atoms with Gasteiger partial charge < -0.3 is 9.32 Å². The van der Waals surface area contributed by atoms with E-state index in [0.29, 0.717) is 17.5 Å². The summed E-state index contributed by atoms with van der Waals surface area (Å²) in [6.07, 6.45) is 0. The normalized spacial score (nSPS) is 11.5. The van der Waals surface area contributed by atoms with Crippen LogP contribution in [0.25, 0.3) is 76.3 Å². The third-order valence-corrected chi connectivity index (χ3v) is 10.4. The summed E-state index contributed by atoms with van der Waals surface area (Å²) in [5.74, 6) is 1.80. The van der Waals surface area contributed by atoms with Crippen molar-refractivity contribution < 1.29 is 4.42 Å². The quantitative estimate of drug-likeness (QED) is 0.176. The molecule has 3 aromatic heterocycles. The van der Waals surface area contributed by atoms with Crippen LogP contribution in [0.4, 0.5) is 17.1 Å². The van der Waals surface area contributed by atoms with E-state index in [2.05, 4.69) is 89.8 Å². The average molecular weight is 673 g/mol. The minimum absolute atomic E-state index is 0.577. The monoisotopic (exact) mass is 672 g/mol. The van der Waals surface area contributed by atoms with Crippen LogP contribution in [0.15, 0.2) is 174 Å². The van der Waals surface area contributed by atoms with E-state index < -0.39 is 0 Å². The highest BCUT2D eigenvalue weighted by molar-refractivity contribution is 7.25. The number of thiophene rings is 1. The third kappa shape index (κ3) is 5.12. The molecule has 0 amide bonds. The largest absolute Gasteiger partial charge is 0.456 e. The fourth-order valence-electron chi connectivity index (χ4n) is 6.95. The molecule has 0 saturated carbocycles. The number of furan rings is 1. The molecule has 10 aromatic rings. The number of hydrogen-bond donors (Lipinski definition) is 0. The van der Waals surface area contributed by atoms with Crippen LogP contribution >= 0.6 is 11.3 Å². The van der Waals surface area contributed by atoms with Gasteiger partial charge in [-0.25, -0.2) is 15.0 Å². The molecule has 51 heavy (non-hydrogen) atoms. The molecule has 0 aliphatic carbocycles.